The van der Waals surface area contributed by atoms with Crippen molar-refractivity contribution in [1.29, 1.82) is 0 Å². The van der Waals surface area contributed by atoms with Crippen LogP contribution < -0.4 is 0 Å². The molecular formula is C32H26N2O2. The second-order valence-corrected chi connectivity index (χ2v) is 9.58. The Labute approximate surface area is 211 Å². The van der Waals surface area contributed by atoms with Crippen LogP contribution in [0.5, 0.6) is 0 Å². The minimum absolute atomic E-state index is 0.0858. The van der Waals surface area contributed by atoms with E-state index >= 15 is 0 Å². The zero-order valence-electron chi connectivity index (χ0n) is 20.3. The number of benzene rings is 4. The first-order valence-electron chi connectivity index (χ1n) is 12.3. The van der Waals surface area contributed by atoms with E-state index in [0.29, 0.717) is 0 Å². The maximum absolute atomic E-state index is 6.69. The second-order valence-electron chi connectivity index (χ2n) is 9.58. The number of fused-ring (bicyclic) bond motifs is 7. The van der Waals surface area contributed by atoms with E-state index in [1.54, 1.807) is 14.2 Å². The highest BCUT2D eigenvalue weighted by molar-refractivity contribution is 6.21. The Bertz CT molecular complexity index is 1410. The second kappa shape index (κ2) is 7.82. The van der Waals surface area contributed by atoms with Crippen LogP contribution in [-0.4, -0.2) is 25.6 Å². The number of ether oxygens (including phenoxy) is 2. The fourth-order valence-corrected chi connectivity index (χ4v) is 6.80. The van der Waals surface area contributed by atoms with Crippen molar-refractivity contribution >= 4 is 22.8 Å². The van der Waals surface area contributed by atoms with Crippen LogP contribution in [0.1, 0.15) is 34.1 Å². The Balaban J connectivity index is 1.64. The monoisotopic (exact) mass is 470 g/mol. The lowest BCUT2D eigenvalue weighted by atomic mass is 9.55. The maximum atomic E-state index is 6.69. The molecule has 2 aliphatic heterocycles. The van der Waals surface area contributed by atoms with Gasteiger partial charge < -0.3 is 9.47 Å². The molecule has 1 saturated carbocycles. The predicted molar refractivity (Wildman–Crippen MR) is 143 cm³/mol. The van der Waals surface area contributed by atoms with Gasteiger partial charge in [0.1, 0.15) is 0 Å². The fraction of sp³-hybridized carbons (Fsp3) is 0.188. The molecule has 2 heterocycles. The van der Waals surface area contributed by atoms with Crippen molar-refractivity contribution in [2.45, 2.75) is 23.0 Å². The predicted octanol–water partition coefficient (Wildman–Crippen LogP) is 6.82. The average molecular weight is 471 g/mol. The number of rotatable bonds is 4. The molecule has 0 aromatic heterocycles. The molecule has 4 aromatic carbocycles. The van der Waals surface area contributed by atoms with E-state index in [1.165, 1.54) is 11.1 Å². The van der Waals surface area contributed by atoms with Crippen LogP contribution in [0.3, 0.4) is 0 Å². The Morgan fingerprint density at radius 3 is 1.25 bits per heavy atom. The Morgan fingerprint density at radius 2 is 0.861 bits per heavy atom. The van der Waals surface area contributed by atoms with Gasteiger partial charge in [0.15, 0.2) is 11.2 Å². The van der Waals surface area contributed by atoms with Gasteiger partial charge in [0, 0.05) is 37.2 Å². The van der Waals surface area contributed by atoms with Gasteiger partial charge >= 0.3 is 0 Å². The third-order valence-electron chi connectivity index (χ3n) is 8.12. The van der Waals surface area contributed by atoms with Crippen LogP contribution in [0.15, 0.2) is 119 Å². The first-order valence-corrected chi connectivity index (χ1v) is 12.3. The molecule has 0 bridgehead atoms. The molecule has 1 fully saturated rings. The molecule has 4 heteroatoms. The molecule has 0 unspecified atom stereocenters. The number of nitrogens with zero attached hydrogens (tertiary/aromatic N) is 2. The topological polar surface area (TPSA) is 43.2 Å². The molecule has 3 aliphatic rings. The first kappa shape index (κ1) is 21.4. The summed E-state index contributed by atoms with van der Waals surface area (Å²) in [5, 5.41) is 0. The van der Waals surface area contributed by atoms with Gasteiger partial charge in [-0.1, -0.05) is 97.1 Å². The summed E-state index contributed by atoms with van der Waals surface area (Å²) in [5.41, 5.74) is 6.24. The molecule has 0 spiro atoms. The summed E-state index contributed by atoms with van der Waals surface area (Å²) in [6.07, 6.45) is 0. The van der Waals surface area contributed by atoms with Crippen LogP contribution in [-0.2, 0) is 20.7 Å². The van der Waals surface area contributed by atoms with E-state index in [1.807, 2.05) is 12.1 Å². The molecule has 1 aliphatic carbocycles. The van der Waals surface area contributed by atoms with Gasteiger partial charge in [-0.05, 0) is 23.3 Å². The Morgan fingerprint density at radius 1 is 0.500 bits per heavy atom. The highest BCUT2D eigenvalue weighted by Crippen LogP contribution is 2.66. The number of aliphatic imine (C=N–C) groups is 2. The minimum Gasteiger partial charge on any atom is -0.363 e. The van der Waals surface area contributed by atoms with E-state index < -0.39 is 11.2 Å². The third-order valence-corrected chi connectivity index (χ3v) is 8.12. The first-order chi connectivity index (χ1) is 17.8. The highest BCUT2D eigenvalue weighted by atomic mass is 16.6. The lowest BCUT2D eigenvalue weighted by Gasteiger charge is -2.54. The molecule has 0 amide bonds. The molecule has 4 aromatic rings. The van der Waals surface area contributed by atoms with Crippen molar-refractivity contribution in [3.63, 3.8) is 0 Å². The van der Waals surface area contributed by atoms with Gasteiger partial charge in [0.2, 0.25) is 0 Å². The zero-order valence-corrected chi connectivity index (χ0v) is 20.3. The molecular weight excluding hydrogens is 444 g/mol. The number of methoxy groups -OCH3 is 2. The average Bonchev–Trinajstić information content (AvgIpc) is 3.47. The molecule has 36 heavy (non-hydrogen) atoms. The quantitative estimate of drug-likeness (QED) is 0.328. The third kappa shape index (κ3) is 2.50. The van der Waals surface area contributed by atoms with Crippen LogP contribution in [0, 0.1) is 0 Å². The zero-order chi connectivity index (χ0) is 24.3. The van der Waals surface area contributed by atoms with Crippen molar-refractivity contribution < 1.29 is 9.47 Å². The van der Waals surface area contributed by atoms with Crippen LogP contribution in [0.25, 0.3) is 0 Å². The summed E-state index contributed by atoms with van der Waals surface area (Å²) in [4.78, 5) is 10.7. The molecule has 4 nitrogen and oxygen atoms in total. The van der Waals surface area contributed by atoms with E-state index in [4.69, 9.17) is 19.5 Å². The van der Waals surface area contributed by atoms with Crippen molar-refractivity contribution in [2.75, 3.05) is 14.2 Å². The van der Waals surface area contributed by atoms with E-state index in [9.17, 15) is 0 Å². The summed E-state index contributed by atoms with van der Waals surface area (Å²) in [7, 11) is 3.56. The van der Waals surface area contributed by atoms with Gasteiger partial charge in [-0.2, -0.15) is 0 Å². The number of para-hydroxylation sites is 2. The molecule has 7 rings (SSSR count). The fourth-order valence-electron chi connectivity index (χ4n) is 6.80. The summed E-state index contributed by atoms with van der Waals surface area (Å²) >= 11 is 0. The number of hydrogen-bond donors (Lipinski definition) is 0. The van der Waals surface area contributed by atoms with E-state index in [-0.39, 0.29) is 11.8 Å². The summed E-state index contributed by atoms with van der Waals surface area (Å²) in [5.74, 6) is -0.172. The van der Waals surface area contributed by atoms with Gasteiger partial charge in [0.05, 0.1) is 22.8 Å². The minimum atomic E-state index is -0.963. The van der Waals surface area contributed by atoms with Gasteiger partial charge in [-0.3, -0.25) is 9.98 Å². The molecule has 0 radical (unpaired) electrons. The van der Waals surface area contributed by atoms with Crippen LogP contribution in [0.2, 0.25) is 0 Å². The molecule has 176 valence electrons. The maximum Gasteiger partial charge on any atom is 0.172 e. The normalized spacial score (nSPS) is 27.4. The van der Waals surface area contributed by atoms with Gasteiger partial charge in [0.25, 0.3) is 0 Å². The van der Waals surface area contributed by atoms with Crippen molar-refractivity contribution in [2.24, 2.45) is 9.98 Å². The lowest BCUT2D eigenvalue weighted by Crippen LogP contribution is -2.65. The standard InChI is InChI=1S/C32H26N2O2/c1-35-31-23-17-9-11-19-25(23)33-29(31)27(21-13-5-3-6-14-21)28(22-15-7-4-8-16-22)30-32(31,36-2)24-18-10-12-20-26(24)34-30/h3-20,27-28H,1-2H3/t27-,28-,31-,32+/m1/s1. The van der Waals surface area contributed by atoms with E-state index in [0.717, 1.165) is 33.9 Å². The SMILES string of the molecule is CO[C@]12C(=Nc3ccccc31)[C@H](c1ccccc1)[C@@H](c1ccccc1)C1=Nc3ccccc3[C@@]12OC. The van der Waals surface area contributed by atoms with Crippen LogP contribution in [0.4, 0.5) is 11.4 Å². The molecule has 0 N–H and O–H groups in total. The van der Waals surface area contributed by atoms with Crippen molar-refractivity contribution in [3.8, 4) is 0 Å². The lowest BCUT2D eigenvalue weighted by molar-refractivity contribution is -0.122. The Hall–Kier alpha value is -3.86. The molecule has 0 saturated heterocycles. The summed E-state index contributed by atoms with van der Waals surface area (Å²) < 4.78 is 13.4. The smallest absolute Gasteiger partial charge is 0.172 e. The summed E-state index contributed by atoms with van der Waals surface area (Å²) in [6.45, 7) is 0. The van der Waals surface area contributed by atoms with Gasteiger partial charge in [-0.15, -0.1) is 0 Å². The van der Waals surface area contributed by atoms with Crippen molar-refractivity contribution in [1.82, 2.24) is 0 Å². The van der Waals surface area contributed by atoms with Crippen LogP contribution >= 0.6 is 0 Å². The van der Waals surface area contributed by atoms with Crippen molar-refractivity contribution in [3.05, 3.63) is 131 Å². The highest BCUT2D eigenvalue weighted by Gasteiger charge is 2.72. The Kier molecular flexibility index (Phi) is 4.65. The molecule has 4 atom stereocenters. The van der Waals surface area contributed by atoms with E-state index in [2.05, 4.69) is 97.1 Å². The number of hydrogen-bond acceptors (Lipinski definition) is 4. The van der Waals surface area contributed by atoms with Gasteiger partial charge in [-0.25, -0.2) is 0 Å². The summed E-state index contributed by atoms with van der Waals surface area (Å²) in [6, 6.07) is 37.8. The largest absolute Gasteiger partial charge is 0.363 e.